The molecule has 1 atom stereocenters. The van der Waals surface area contributed by atoms with Gasteiger partial charge in [-0.1, -0.05) is 19.9 Å². The number of aromatic amines is 1. The Morgan fingerprint density at radius 2 is 2.04 bits per heavy atom. The molecule has 28 heavy (non-hydrogen) atoms. The molecule has 2 aliphatic rings. The van der Waals surface area contributed by atoms with E-state index in [-0.39, 0.29) is 41.0 Å². The van der Waals surface area contributed by atoms with Gasteiger partial charge < -0.3 is 20.1 Å². The Hall–Kier alpha value is -2.60. The fraction of sp³-hybridized carbons (Fsp3) is 0.455. The van der Waals surface area contributed by atoms with Gasteiger partial charge in [0.2, 0.25) is 0 Å². The van der Waals surface area contributed by atoms with Gasteiger partial charge in [-0.05, 0) is 60.1 Å². The average molecular weight is 382 g/mol. The van der Waals surface area contributed by atoms with E-state index in [4.69, 9.17) is 4.74 Å². The first-order valence-electron chi connectivity index (χ1n) is 9.90. The van der Waals surface area contributed by atoms with Crippen LogP contribution in [0.1, 0.15) is 65.8 Å². The van der Waals surface area contributed by atoms with Gasteiger partial charge >= 0.3 is 0 Å². The first-order chi connectivity index (χ1) is 13.4. The molecule has 6 nitrogen and oxygen atoms in total. The van der Waals surface area contributed by atoms with Crippen molar-refractivity contribution >= 4 is 5.91 Å². The molecule has 0 radical (unpaired) electrons. The fourth-order valence-electron chi connectivity index (χ4n) is 4.00. The van der Waals surface area contributed by atoms with Gasteiger partial charge in [-0.25, -0.2) is 0 Å². The number of H-pyrrole nitrogens is 1. The number of ether oxygens (including phenoxy) is 1. The molecule has 0 spiro atoms. The van der Waals surface area contributed by atoms with Crippen LogP contribution in [0.2, 0.25) is 0 Å². The second kappa shape index (κ2) is 7.43. The van der Waals surface area contributed by atoms with Crippen LogP contribution in [0.4, 0.5) is 0 Å². The van der Waals surface area contributed by atoms with Crippen LogP contribution in [-0.2, 0) is 6.42 Å². The lowest BCUT2D eigenvalue weighted by atomic mass is 9.74. The van der Waals surface area contributed by atoms with E-state index in [1.165, 1.54) is 0 Å². The Labute approximate surface area is 163 Å². The maximum Gasteiger partial charge on any atom is 0.261 e. The summed E-state index contributed by atoms with van der Waals surface area (Å²) in [6.07, 6.45) is 1.81. The zero-order valence-electron chi connectivity index (χ0n) is 16.2. The lowest BCUT2D eigenvalue weighted by molar-refractivity contribution is 0.0235. The number of aliphatic hydroxyl groups is 1. The molecule has 1 aromatic carbocycles. The van der Waals surface area contributed by atoms with Gasteiger partial charge in [0.25, 0.3) is 11.5 Å². The van der Waals surface area contributed by atoms with Crippen LogP contribution in [0, 0.1) is 5.92 Å². The van der Waals surface area contributed by atoms with E-state index in [0.29, 0.717) is 19.4 Å². The van der Waals surface area contributed by atoms with Gasteiger partial charge in [0.05, 0.1) is 18.8 Å². The summed E-state index contributed by atoms with van der Waals surface area (Å²) in [5.74, 6) is 0.832. The van der Waals surface area contributed by atoms with E-state index < -0.39 is 0 Å². The molecule has 1 fully saturated rings. The smallest absolute Gasteiger partial charge is 0.261 e. The lowest BCUT2D eigenvalue weighted by Gasteiger charge is -2.38. The van der Waals surface area contributed by atoms with E-state index in [1.54, 1.807) is 12.1 Å². The van der Waals surface area contributed by atoms with E-state index in [2.05, 4.69) is 16.4 Å². The highest BCUT2D eigenvalue weighted by Crippen LogP contribution is 2.39. The molecule has 6 heteroatoms. The summed E-state index contributed by atoms with van der Waals surface area (Å²) in [7, 11) is 0. The van der Waals surface area contributed by atoms with Crippen LogP contribution in [0.15, 0.2) is 35.1 Å². The molecule has 0 saturated heterocycles. The van der Waals surface area contributed by atoms with Gasteiger partial charge in [0, 0.05) is 12.1 Å². The molecular weight excluding hydrogens is 356 g/mol. The minimum Gasteiger partial charge on any atom is -0.493 e. The number of fused-ring (bicyclic) bond motifs is 1. The van der Waals surface area contributed by atoms with Crippen molar-refractivity contribution in [2.45, 2.75) is 51.2 Å². The quantitative estimate of drug-likeness (QED) is 0.741. The van der Waals surface area contributed by atoms with Crippen molar-refractivity contribution in [3.63, 3.8) is 0 Å². The lowest BCUT2D eigenvalue weighted by Crippen LogP contribution is -2.42. The number of aromatic nitrogens is 1. The number of hydrogen-bond acceptors (Lipinski definition) is 4. The van der Waals surface area contributed by atoms with Gasteiger partial charge in [-0.2, -0.15) is 0 Å². The molecule has 1 amide bonds. The standard InChI is InChI=1S/C22H26N2O4/c1-12(2)18-5-4-17(21(26)23-18)22(27)24-20(15-10-16(25)11-15)14-3-6-19-13(9-14)7-8-28-19/h3-6,9,12,15-16,20,25H,7-8,10-11H2,1-2H3,(H,23,26)(H,24,27). The third-order valence-electron chi connectivity index (χ3n) is 5.78. The molecule has 2 aromatic rings. The van der Waals surface area contributed by atoms with Crippen LogP contribution < -0.4 is 15.6 Å². The average Bonchev–Trinajstić information content (AvgIpc) is 3.11. The molecule has 1 aliphatic heterocycles. The third kappa shape index (κ3) is 3.56. The summed E-state index contributed by atoms with van der Waals surface area (Å²) in [5.41, 5.74) is 2.66. The highest BCUT2D eigenvalue weighted by Gasteiger charge is 2.36. The zero-order chi connectivity index (χ0) is 19.8. The molecule has 4 rings (SSSR count). The number of amides is 1. The Morgan fingerprint density at radius 1 is 1.25 bits per heavy atom. The maximum atomic E-state index is 12.9. The normalized spacial score (nSPS) is 21.6. The number of benzene rings is 1. The first kappa shape index (κ1) is 18.7. The summed E-state index contributed by atoms with van der Waals surface area (Å²) < 4.78 is 5.57. The van der Waals surface area contributed by atoms with Crippen LogP contribution in [0.3, 0.4) is 0 Å². The second-order valence-electron chi connectivity index (χ2n) is 8.11. The summed E-state index contributed by atoms with van der Waals surface area (Å²) in [6.45, 7) is 4.65. The molecule has 3 N–H and O–H groups in total. The molecule has 1 saturated carbocycles. The van der Waals surface area contributed by atoms with E-state index in [0.717, 1.165) is 29.0 Å². The van der Waals surface area contributed by atoms with Gasteiger partial charge in [0.15, 0.2) is 0 Å². The number of nitrogens with one attached hydrogen (secondary N) is 2. The number of hydrogen-bond donors (Lipinski definition) is 3. The predicted molar refractivity (Wildman–Crippen MR) is 106 cm³/mol. The number of carbonyl (C=O) groups excluding carboxylic acids is 1. The van der Waals surface area contributed by atoms with Crippen molar-refractivity contribution in [2.24, 2.45) is 5.92 Å². The van der Waals surface area contributed by atoms with Gasteiger partial charge in [-0.3, -0.25) is 9.59 Å². The Balaban J connectivity index is 1.59. The minimum absolute atomic E-state index is 0.110. The summed E-state index contributed by atoms with van der Waals surface area (Å²) in [4.78, 5) is 28.1. The molecule has 1 unspecified atom stereocenters. The van der Waals surface area contributed by atoms with Gasteiger partial charge in [0.1, 0.15) is 11.3 Å². The van der Waals surface area contributed by atoms with Crippen LogP contribution in [-0.4, -0.2) is 28.7 Å². The second-order valence-corrected chi connectivity index (χ2v) is 8.11. The number of aliphatic hydroxyl groups excluding tert-OH is 1. The number of rotatable bonds is 5. The fourth-order valence-corrected chi connectivity index (χ4v) is 4.00. The summed E-state index contributed by atoms with van der Waals surface area (Å²) in [5, 5.41) is 12.8. The molecular formula is C22H26N2O4. The topological polar surface area (TPSA) is 91.4 Å². The number of pyridine rings is 1. The Bertz CT molecular complexity index is 944. The summed E-state index contributed by atoms with van der Waals surface area (Å²) in [6, 6.07) is 9.11. The largest absolute Gasteiger partial charge is 0.493 e. The zero-order valence-corrected chi connectivity index (χ0v) is 16.2. The third-order valence-corrected chi connectivity index (χ3v) is 5.78. The van der Waals surface area contributed by atoms with Crippen molar-refractivity contribution in [1.29, 1.82) is 0 Å². The molecule has 1 aromatic heterocycles. The van der Waals surface area contributed by atoms with Crippen LogP contribution in [0.25, 0.3) is 0 Å². The van der Waals surface area contributed by atoms with Crippen molar-refractivity contribution in [3.8, 4) is 5.75 Å². The predicted octanol–water partition coefficient (Wildman–Crippen LogP) is 2.68. The Morgan fingerprint density at radius 3 is 2.71 bits per heavy atom. The van der Waals surface area contributed by atoms with Crippen molar-refractivity contribution in [3.05, 3.63) is 63.1 Å². The monoisotopic (exact) mass is 382 g/mol. The molecule has 1 aliphatic carbocycles. The highest BCUT2D eigenvalue weighted by molar-refractivity contribution is 5.94. The van der Waals surface area contributed by atoms with Crippen LogP contribution in [0.5, 0.6) is 5.75 Å². The maximum absolute atomic E-state index is 12.9. The van der Waals surface area contributed by atoms with Crippen molar-refractivity contribution in [2.75, 3.05) is 6.61 Å². The molecule has 0 bridgehead atoms. The van der Waals surface area contributed by atoms with E-state index in [9.17, 15) is 14.7 Å². The number of carbonyl (C=O) groups is 1. The van der Waals surface area contributed by atoms with E-state index in [1.807, 2.05) is 26.0 Å². The molecule has 148 valence electrons. The van der Waals surface area contributed by atoms with E-state index >= 15 is 0 Å². The minimum atomic E-state index is -0.389. The van der Waals surface area contributed by atoms with Crippen LogP contribution >= 0.6 is 0 Å². The molecule has 2 heterocycles. The summed E-state index contributed by atoms with van der Waals surface area (Å²) >= 11 is 0. The van der Waals surface area contributed by atoms with Crippen molar-refractivity contribution in [1.82, 2.24) is 10.3 Å². The van der Waals surface area contributed by atoms with Crippen molar-refractivity contribution < 1.29 is 14.6 Å². The highest BCUT2D eigenvalue weighted by atomic mass is 16.5. The first-order valence-corrected chi connectivity index (χ1v) is 9.90. The van der Waals surface area contributed by atoms with Gasteiger partial charge in [-0.15, -0.1) is 0 Å². The SMILES string of the molecule is CC(C)c1ccc(C(=O)NC(c2ccc3c(c2)CCO3)C2CC(O)C2)c(=O)[nH]1. The Kier molecular flexibility index (Phi) is 4.98.